The van der Waals surface area contributed by atoms with E-state index in [2.05, 4.69) is 4.98 Å². The number of para-hydroxylation sites is 1. The second-order valence-electron chi connectivity index (χ2n) is 3.86. The minimum absolute atomic E-state index is 0.183. The summed E-state index contributed by atoms with van der Waals surface area (Å²) in [6.45, 7) is 0. The average Bonchev–Trinajstić information content (AvgIpc) is 2.45. The van der Waals surface area contributed by atoms with Crippen LogP contribution in [0.25, 0.3) is 0 Å². The predicted molar refractivity (Wildman–Crippen MR) is 68.1 cm³/mol. The van der Waals surface area contributed by atoms with Crippen LogP contribution in [0.5, 0.6) is 0 Å². The maximum absolute atomic E-state index is 13.0. The van der Waals surface area contributed by atoms with Gasteiger partial charge in [-0.2, -0.15) is 9.65 Å². The van der Waals surface area contributed by atoms with Gasteiger partial charge in [-0.1, -0.05) is 12.1 Å². The van der Waals surface area contributed by atoms with Crippen molar-refractivity contribution in [2.24, 2.45) is 0 Å². The molecular weight excluding hydrogens is 245 g/mol. The van der Waals surface area contributed by atoms with Crippen LogP contribution in [0.15, 0.2) is 42.6 Å². The average molecular weight is 255 g/mol. The smallest absolute Gasteiger partial charge is 0.258 e. The first kappa shape index (κ1) is 12.7. The van der Waals surface area contributed by atoms with Crippen LogP contribution in [-0.4, -0.2) is 17.9 Å². The van der Waals surface area contributed by atoms with Gasteiger partial charge in [0.15, 0.2) is 0 Å². The lowest BCUT2D eigenvalue weighted by Gasteiger charge is -2.18. The van der Waals surface area contributed by atoms with E-state index in [-0.39, 0.29) is 5.56 Å². The predicted octanol–water partition coefficient (Wildman–Crippen LogP) is 2.37. The molecule has 0 N–H and O–H groups in total. The molecule has 19 heavy (non-hydrogen) atoms. The molecule has 0 aliphatic carbocycles. The fourth-order valence-electron chi connectivity index (χ4n) is 1.70. The molecule has 4 nitrogen and oxygen atoms in total. The molecule has 1 aromatic carbocycles. The van der Waals surface area contributed by atoms with E-state index in [4.69, 9.17) is 5.26 Å². The first-order valence-electron chi connectivity index (χ1n) is 5.52. The molecule has 2 aromatic rings. The van der Waals surface area contributed by atoms with Crippen molar-refractivity contribution in [1.29, 1.82) is 5.26 Å². The summed E-state index contributed by atoms with van der Waals surface area (Å²) < 4.78 is 13.0. The Kier molecular flexibility index (Phi) is 3.53. The lowest BCUT2D eigenvalue weighted by Crippen LogP contribution is -2.27. The number of carbonyl (C=O) groups excluding carboxylic acids is 1. The van der Waals surface area contributed by atoms with E-state index in [1.807, 2.05) is 6.07 Å². The van der Waals surface area contributed by atoms with Crippen molar-refractivity contribution >= 4 is 11.6 Å². The minimum atomic E-state index is -0.715. The maximum Gasteiger partial charge on any atom is 0.258 e. The highest BCUT2D eigenvalue weighted by Gasteiger charge is 2.16. The third-order valence-corrected chi connectivity index (χ3v) is 2.66. The number of pyridine rings is 1. The van der Waals surface area contributed by atoms with Gasteiger partial charge >= 0.3 is 0 Å². The van der Waals surface area contributed by atoms with E-state index in [0.29, 0.717) is 11.3 Å². The van der Waals surface area contributed by atoms with E-state index in [9.17, 15) is 9.18 Å². The Bertz CT molecular complexity index is 664. The zero-order valence-electron chi connectivity index (χ0n) is 10.2. The Balaban J connectivity index is 2.37. The first-order valence-corrected chi connectivity index (χ1v) is 5.52. The molecule has 2 rings (SSSR count). The van der Waals surface area contributed by atoms with Crippen molar-refractivity contribution in [2.75, 3.05) is 11.9 Å². The summed E-state index contributed by atoms with van der Waals surface area (Å²) in [5, 5.41) is 9.01. The van der Waals surface area contributed by atoms with Crippen LogP contribution >= 0.6 is 0 Å². The maximum atomic E-state index is 13.0. The molecule has 1 heterocycles. The number of carbonyl (C=O) groups is 1. The topological polar surface area (TPSA) is 57.0 Å². The van der Waals surface area contributed by atoms with Crippen LogP contribution in [0.2, 0.25) is 0 Å². The molecule has 0 radical (unpaired) electrons. The molecule has 0 spiro atoms. The normalized spacial score (nSPS) is 9.74. The van der Waals surface area contributed by atoms with E-state index in [1.165, 1.54) is 24.2 Å². The highest BCUT2D eigenvalue weighted by molar-refractivity contribution is 6.06. The van der Waals surface area contributed by atoms with Gasteiger partial charge in [0, 0.05) is 24.9 Å². The van der Waals surface area contributed by atoms with Crippen molar-refractivity contribution in [3.05, 3.63) is 59.7 Å². The lowest BCUT2D eigenvalue weighted by molar-refractivity contribution is 0.0992. The van der Waals surface area contributed by atoms with Gasteiger partial charge in [-0.25, -0.2) is 4.98 Å². The summed E-state index contributed by atoms with van der Waals surface area (Å²) in [7, 11) is 1.54. The molecule has 1 amide bonds. The number of nitrogens with zero attached hydrogens (tertiary/aromatic N) is 3. The molecule has 5 heteroatoms. The molecule has 1 aromatic heterocycles. The van der Waals surface area contributed by atoms with Crippen molar-refractivity contribution in [3.8, 4) is 6.07 Å². The minimum Gasteiger partial charge on any atom is -0.310 e. The largest absolute Gasteiger partial charge is 0.310 e. The van der Waals surface area contributed by atoms with Crippen LogP contribution < -0.4 is 4.90 Å². The second kappa shape index (κ2) is 5.27. The van der Waals surface area contributed by atoms with Crippen molar-refractivity contribution in [2.45, 2.75) is 0 Å². The summed E-state index contributed by atoms with van der Waals surface area (Å²) in [6.07, 6.45) is 1.23. The third-order valence-electron chi connectivity index (χ3n) is 2.66. The van der Waals surface area contributed by atoms with E-state index < -0.39 is 11.9 Å². The van der Waals surface area contributed by atoms with Gasteiger partial charge in [0.25, 0.3) is 5.91 Å². The fraction of sp³-hybridized carbons (Fsp3) is 0.0714. The third kappa shape index (κ3) is 2.58. The fourth-order valence-corrected chi connectivity index (χ4v) is 1.70. The quantitative estimate of drug-likeness (QED) is 0.774. The van der Waals surface area contributed by atoms with E-state index >= 15 is 0 Å². The zero-order valence-corrected chi connectivity index (χ0v) is 10.2. The van der Waals surface area contributed by atoms with Gasteiger partial charge in [0.2, 0.25) is 5.95 Å². The van der Waals surface area contributed by atoms with E-state index in [0.717, 1.165) is 6.07 Å². The van der Waals surface area contributed by atoms with Crippen LogP contribution in [-0.2, 0) is 0 Å². The van der Waals surface area contributed by atoms with Crippen LogP contribution in [0, 0.1) is 17.3 Å². The molecule has 0 saturated heterocycles. The number of halogens is 1. The molecule has 94 valence electrons. The molecule has 0 fully saturated rings. The number of benzene rings is 1. The van der Waals surface area contributed by atoms with E-state index in [1.54, 1.807) is 24.3 Å². The van der Waals surface area contributed by atoms with Crippen LogP contribution in [0.3, 0.4) is 0 Å². The van der Waals surface area contributed by atoms with Gasteiger partial charge in [-0.15, -0.1) is 0 Å². The molecule has 0 aliphatic rings. The standard InChI is InChI=1S/C14H10FN3O/c1-18(12-5-3-2-4-11(12)9-16)14(19)10-6-7-17-13(15)8-10/h2-8H,1H3. The molecule has 0 saturated carbocycles. The number of aromatic nitrogens is 1. The second-order valence-corrected chi connectivity index (χ2v) is 3.86. The van der Waals surface area contributed by atoms with Crippen molar-refractivity contribution in [3.63, 3.8) is 0 Å². The van der Waals surface area contributed by atoms with Gasteiger partial charge in [-0.3, -0.25) is 4.79 Å². The Morgan fingerprint density at radius 2 is 2.11 bits per heavy atom. The Labute approximate surface area is 109 Å². The van der Waals surface area contributed by atoms with Gasteiger partial charge < -0.3 is 4.90 Å². The summed E-state index contributed by atoms with van der Waals surface area (Å²) in [4.78, 5) is 16.9. The molecular formula is C14H10FN3O. The summed E-state index contributed by atoms with van der Waals surface area (Å²) in [6, 6.07) is 11.2. The molecule has 0 bridgehead atoms. The van der Waals surface area contributed by atoms with Crippen LogP contribution in [0.1, 0.15) is 15.9 Å². The lowest BCUT2D eigenvalue weighted by atomic mass is 10.1. The summed E-state index contributed by atoms with van der Waals surface area (Å²) >= 11 is 0. The van der Waals surface area contributed by atoms with Gasteiger partial charge in [-0.05, 0) is 18.2 Å². The number of nitriles is 1. The monoisotopic (exact) mass is 255 g/mol. The number of rotatable bonds is 2. The van der Waals surface area contributed by atoms with Gasteiger partial charge in [0.1, 0.15) is 6.07 Å². The number of anilines is 1. The Morgan fingerprint density at radius 1 is 1.37 bits per heavy atom. The van der Waals surface area contributed by atoms with Gasteiger partial charge in [0.05, 0.1) is 11.3 Å². The van der Waals surface area contributed by atoms with Crippen molar-refractivity contribution < 1.29 is 9.18 Å². The summed E-state index contributed by atoms with van der Waals surface area (Å²) in [5.74, 6) is -1.11. The number of amides is 1. The highest BCUT2D eigenvalue weighted by Crippen LogP contribution is 2.20. The SMILES string of the molecule is CN(C(=O)c1ccnc(F)c1)c1ccccc1C#N. The highest BCUT2D eigenvalue weighted by atomic mass is 19.1. The molecule has 0 atom stereocenters. The Morgan fingerprint density at radius 3 is 2.79 bits per heavy atom. The number of hydrogen-bond acceptors (Lipinski definition) is 3. The molecule has 0 aliphatic heterocycles. The summed E-state index contributed by atoms with van der Waals surface area (Å²) in [5.41, 5.74) is 1.04. The number of hydrogen-bond donors (Lipinski definition) is 0. The van der Waals surface area contributed by atoms with Crippen molar-refractivity contribution in [1.82, 2.24) is 4.98 Å². The van der Waals surface area contributed by atoms with Crippen LogP contribution in [0.4, 0.5) is 10.1 Å². The Hall–Kier alpha value is -2.74. The zero-order chi connectivity index (χ0) is 13.8. The first-order chi connectivity index (χ1) is 9.13. The molecule has 0 unspecified atom stereocenters.